The molecule has 4 heterocycles. The molecule has 1 aromatic carbocycles. The Hall–Kier alpha value is -3.96. The second kappa shape index (κ2) is 12.7. The molecule has 12 heteroatoms. The molecule has 0 aliphatic carbocycles. The van der Waals surface area contributed by atoms with Gasteiger partial charge in [-0.25, -0.2) is 9.78 Å². The molecule has 3 amide bonds. The van der Waals surface area contributed by atoms with E-state index in [1.54, 1.807) is 12.3 Å². The average Bonchev–Trinajstić information content (AvgIpc) is 3.58. The first-order valence-corrected chi connectivity index (χ1v) is 14.2. The minimum atomic E-state index is -0.787. The summed E-state index contributed by atoms with van der Waals surface area (Å²) in [6.07, 6.45) is 7.23. The molecule has 0 saturated carbocycles. The molecule has 2 aromatic heterocycles. The first kappa shape index (κ1) is 28.6. The number of hydrogen-bond donors (Lipinski definition) is 5. The van der Waals surface area contributed by atoms with Crippen molar-refractivity contribution in [1.29, 1.82) is 0 Å². The van der Waals surface area contributed by atoms with Crippen molar-refractivity contribution in [1.82, 2.24) is 20.9 Å². The van der Waals surface area contributed by atoms with Gasteiger partial charge in [0.1, 0.15) is 16.9 Å². The first-order chi connectivity index (χ1) is 19.8. The largest absolute Gasteiger partial charge is 0.508 e. The SMILES string of the molecule is O=C(CCCCCNC(=O)c1cc2ccc(O)cc2oc1=O)NCC(=O)Nc1cc([C@H]2C[C@@H]3CC[C@H]2N3)cnc1Cl. The maximum absolute atomic E-state index is 12.4. The first-order valence-electron chi connectivity index (χ1n) is 13.8. The van der Waals surface area contributed by atoms with Crippen molar-refractivity contribution in [2.24, 2.45) is 0 Å². The maximum Gasteiger partial charge on any atom is 0.349 e. The number of phenols is 1. The molecule has 3 aromatic rings. The van der Waals surface area contributed by atoms with Crippen LogP contribution in [0.5, 0.6) is 5.75 Å². The van der Waals surface area contributed by atoms with Crippen LogP contribution in [-0.4, -0.2) is 53.0 Å². The molecule has 41 heavy (non-hydrogen) atoms. The summed E-state index contributed by atoms with van der Waals surface area (Å²) in [6.45, 7) is 0.140. The lowest BCUT2D eigenvalue weighted by molar-refractivity contribution is -0.124. The standard InChI is InChI=1S/C29H32ClN5O6/c30-27-23(11-17(14-33-27)20-12-18-6-8-22(20)34-18)35-26(38)15-32-25(37)4-2-1-3-9-31-28(39)21-10-16-5-7-19(36)13-24(16)41-29(21)40/h5,7,10-11,13-14,18,20,22,34,36H,1-4,6,8-9,12,15H2,(H,31,39)(H,32,37)(H,35,38)/t18-,20+,22+/m0/s1. The van der Waals surface area contributed by atoms with Gasteiger partial charge in [0.05, 0.1) is 12.2 Å². The highest BCUT2D eigenvalue weighted by molar-refractivity contribution is 6.32. The van der Waals surface area contributed by atoms with Gasteiger partial charge in [-0.3, -0.25) is 14.4 Å². The van der Waals surface area contributed by atoms with E-state index in [0.717, 1.165) is 18.4 Å². The van der Waals surface area contributed by atoms with Crippen molar-refractivity contribution in [3.8, 4) is 5.75 Å². The Kier molecular flexibility index (Phi) is 8.84. The van der Waals surface area contributed by atoms with E-state index in [1.165, 1.54) is 24.6 Å². The van der Waals surface area contributed by atoms with Gasteiger partial charge in [-0.2, -0.15) is 0 Å². The van der Waals surface area contributed by atoms with Gasteiger partial charge in [0.15, 0.2) is 5.15 Å². The number of aromatic hydroxyl groups is 1. The van der Waals surface area contributed by atoms with Crippen molar-refractivity contribution in [3.05, 3.63) is 63.2 Å². The molecule has 5 rings (SSSR count). The fraction of sp³-hybridized carbons (Fsp3) is 0.414. The number of phenolic OH excluding ortho intramolecular Hbond substituents is 1. The fourth-order valence-electron chi connectivity index (χ4n) is 5.55. The van der Waals surface area contributed by atoms with Crippen molar-refractivity contribution in [3.63, 3.8) is 0 Å². The molecule has 11 nitrogen and oxygen atoms in total. The van der Waals surface area contributed by atoms with Crippen LogP contribution in [0.3, 0.4) is 0 Å². The Morgan fingerprint density at radius 2 is 1.93 bits per heavy atom. The van der Waals surface area contributed by atoms with E-state index in [0.29, 0.717) is 54.9 Å². The zero-order valence-corrected chi connectivity index (χ0v) is 23.1. The lowest BCUT2D eigenvalue weighted by atomic mass is 9.84. The number of hydrogen-bond acceptors (Lipinski definition) is 8. The molecule has 216 valence electrons. The molecule has 0 unspecified atom stereocenters. The predicted octanol–water partition coefficient (Wildman–Crippen LogP) is 3.20. The molecule has 2 aliphatic heterocycles. The summed E-state index contributed by atoms with van der Waals surface area (Å²) < 4.78 is 5.12. The van der Waals surface area contributed by atoms with Crippen LogP contribution in [-0.2, 0) is 9.59 Å². The summed E-state index contributed by atoms with van der Waals surface area (Å²) in [6, 6.07) is 8.59. The molecule has 0 spiro atoms. The highest BCUT2D eigenvalue weighted by atomic mass is 35.5. The summed E-state index contributed by atoms with van der Waals surface area (Å²) in [5.74, 6) is -0.873. The highest BCUT2D eigenvalue weighted by Crippen LogP contribution is 2.40. The van der Waals surface area contributed by atoms with E-state index in [2.05, 4.69) is 26.3 Å². The number of rotatable bonds is 11. The number of anilines is 1. The summed E-state index contributed by atoms with van der Waals surface area (Å²) in [7, 11) is 0. The number of unbranched alkanes of at least 4 members (excludes halogenated alkanes) is 2. The van der Waals surface area contributed by atoms with Gasteiger partial charge >= 0.3 is 5.63 Å². The third-order valence-corrected chi connectivity index (χ3v) is 7.94. The van der Waals surface area contributed by atoms with Crippen LogP contribution < -0.4 is 26.9 Å². The van der Waals surface area contributed by atoms with Gasteiger partial charge in [0.2, 0.25) is 11.8 Å². The lowest BCUT2D eigenvalue weighted by Gasteiger charge is -2.21. The topological polar surface area (TPSA) is 163 Å². The maximum atomic E-state index is 12.4. The number of halogens is 1. The van der Waals surface area contributed by atoms with Crippen molar-refractivity contribution < 1.29 is 23.9 Å². The molecule has 5 N–H and O–H groups in total. The minimum absolute atomic E-state index is 0.0401. The van der Waals surface area contributed by atoms with Gasteiger partial charge in [-0.1, -0.05) is 18.0 Å². The number of pyridine rings is 1. The second-order valence-corrected chi connectivity index (χ2v) is 10.9. The van der Waals surface area contributed by atoms with Crippen LogP contribution in [0, 0.1) is 0 Å². The zero-order valence-electron chi connectivity index (χ0n) is 22.4. The number of aromatic nitrogens is 1. The Morgan fingerprint density at radius 3 is 2.71 bits per heavy atom. The van der Waals surface area contributed by atoms with Crippen LogP contribution in [0.2, 0.25) is 5.15 Å². The summed E-state index contributed by atoms with van der Waals surface area (Å²) >= 11 is 6.21. The second-order valence-electron chi connectivity index (χ2n) is 10.6. The molecule has 3 atom stereocenters. The zero-order chi connectivity index (χ0) is 28.9. The molecule has 2 aliphatic rings. The highest BCUT2D eigenvalue weighted by Gasteiger charge is 2.40. The van der Waals surface area contributed by atoms with Crippen LogP contribution in [0.1, 0.15) is 66.8 Å². The summed E-state index contributed by atoms with van der Waals surface area (Å²) in [5.41, 5.74) is 0.777. The van der Waals surface area contributed by atoms with E-state index >= 15 is 0 Å². The number of carbonyl (C=O) groups is 3. The van der Waals surface area contributed by atoms with Crippen LogP contribution in [0.15, 0.2) is 45.7 Å². The lowest BCUT2D eigenvalue weighted by Crippen LogP contribution is -2.33. The predicted molar refractivity (Wildman–Crippen MR) is 153 cm³/mol. The number of carbonyl (C=O) groups excluding carboxylic acids is 3. The Balaban J connectivity index is 0.983. The Labute approximate surface area is 241 Å². The monoisotopic (exact) mass is 581 g/mol. The van der Waals surface area contributed by atoms with Crippen LogP contribution >= 0.6 is 11.6 Å². The molecular weight excluding hydrogens is 550 g/mol. The fourth-order valence-corrected chi connectivity index (χ4v) is 5.70. The number of benzene rings is 1. The van der Waals surface area contributed by atoms with Gasteiger partial charge in [-0.15, -0.1) is 0 Å². The Bertz CT molecular complexity index is 1530. The number of amides is 3. The normalized spacial score (nSPS) is 19.3. The van der Waals surface area contributed by atoms with Gasteiger partial charge in [0, 0.05) is 48.6 Å². The van der Waals surface area contributed by atoms with Gasteiger partial charge < -0.3 is 30.8 Å². The quantitative estimate of drug-likeness (QED) is 0.131. The summed E-state index contributed by atoms with van der Waals surface area (Å²) in [5, 5.41) is 21.9. The molecule has 2 saturated heterocycles. The van der Waals surface area contributed by atoms with E-state index in [9.17, 15) is 24.3 Å². The van der Waals surface area contributed by atoms with E-state index < -0.39 is 11.5 Å². The third-order valence-electron chi connectivity index (χ3n) is 7.64. The van der Waals surface area contributed by atoms with E-state index in [1.807, 2.05) is 6.07 Å². The molecule has 2 bridgehead atoms. The van der Waals surface area contributed by atoms with E-state index in [-0.39, 0.29) is 46.8 Å². The van der Waals surface area contributed by atoms with Gasteiger partial charge in [0.25, 0.3) is 5.91 Å². The molecule has 0 radical (unpaired) electrons. The summed E-state index contributed by atoms with van der Waals surface area (Å²) in [4.78, 5) is 53.4. The Morgan fingerprint density at radius 1 is 1.07 bits per heavy atom. The smallest absolute Gasteiger partial charge is 0.349 e. The van der Waals surface area contributed by atoms with Crippen molar-refractivity contribution in [2.75, 3.05) is 18.4 Å². The van der Waals surface area contributed by atoms with E-state index in [4.69, 9.17) is 16.0 Å². The molecular formula is C29H32ClN5O6. The van der Waals surface area contributed by atoms with Crippen molar-refractivity contribution >= 4 is 46.0 Å². The number of nitrogens with one attached hydrogen (secondary N) is 4. The van der Waals surface area contributed by atoms with Crippen LogP contribution in [0.4, 0.5) is 5.69 Å². The minimum Gasteiger partial charge on any atom is -0.508 e. The number of nitrogens with zero attached hydrogens (tertiary/aromatic N) is 1. The van der Waals surface area contributed by atoms with Crippen LogP contribution in [0.25, 0.3) is 11.0 Å². The molecule has 2 fully saturated rings. The average molecular weight is 582 g/mol. The third kappa shape index (κ3) is 7.04. The van der Waals surface area contributed by atoms with Crippen molar-refractivity contribution in [2.45, 2.75) is 62.9 Å². The number of fused-ring (bicyclic) bond motifs is 3. The van der Waals surface area contributed by atoms with Gasteiger partial charge in [-0.05, 0) is 61.9 Å².